The van der Waals surface area contributed by atoms with E-state index in [1.165, 1.54) is 0 Å². The van der Waals surface area contributed by atoms with E-state index in [2.05, 4.69) is 16.6 Å². The van der Waals surface area contributed by atoms with Crippen LogP contribution in [0.15, 0.2) is 29.2 Å². The van der Waals surface area contributed by atoms with E-state index in [0.29, 0.717) is 5.56 Å². The van der Waals surface area contributed by atoms with Gasteiger partial charge in [-0.3, -0.25) is 0 Å². The minimum Gasteiger partial charge on any atom is -0.320 e. The predicted molar refractivity (Wildman–Crippen MR) is 85.2 cm³/mol. The van der Waals surface area contributed by atoms with Crippen LogP contribution in [-0.2, 0) is 10.0 Å². The number of hydrogen-bond acceptors (Lipinski definition) is 4. The van der Waals surface area contributed by atoms with E-state index in [-0.39, 0.29) is 17.5 Å². The first-order valence-electron chi connectivity index (χ1n) is 6.34. The molecule has 1 aromatic carbocycles. The van der Waals surface area contributed by atoms with Gasteiger partial charge >= 0.3 is 0 Å². The molecule has 0 amide bonds. The Hall–Kier alpha value is -1.00. The minimum absolute atomic E-state index is 0.0782. The number of nitrogens with one attached hydrogen (secondary N) is 1. The van der Waals surface area contributed by atoms with Crippen LogP contribution in [0, 0.1) is 11.8 Å². The van der Waals surface area contributed by atoms with E-state index in [0.717, 1.165) is 12.2 Å². The summed E-state index contributed by atoms with van der Waals surface area (Å²) >= 11 is 1.62. The average molecular weight is 312 g/mol. The van der Waals surface area contributed by atoms with Crippen molar-refractivity contribution in [2.75, 3.05) is 18.6 Å². The molecule has 0 spiro atoms. The van der Waals surface area contributed by atoms with Crippen molar-refractivity contribution in [3.05, 3.63) is 29.8 Å². The molecule has 4 nitrogen and oxygen atoms in total. The fourth-order valence-corrected chi connectivity index (χ4v) is 3.98. The topological polar surface area (TPSA) is 72.2 Å². The van der Waals surface area contributed by atoms with Crippen molar-refractivity contribution in [1.29, 1.82) is 0 Å². The zero-order chi connectivity index (χ0) is 15.0. The summed E-state index contributed by atoms with van der Waals surface area (Å²) in [6.07, 6.45) is 2.70. The summed E-state index contributed by atoms with van der Waals surface area (Å²) in [5, 5.41) is 0. The fourth-order valence-electron chi connectivity index (χ4n) is 1.67. The van der Waals surface area contributed by atoms with Crippen LogP contribution in [0.5, 0.6) is 0 Å². The highest BCUT2D eigenvalue weighted by Gasteiger charge is 2.21. The third-order valence-electron chi connectivity index (χ3n) is 2.68. The molecule has 1 unspecified atom stereocenters. The summed E-state index contributed by atoms with van der Waals surface area (Å²) in [7, 11) is -3.56. The Morgan fingerprint density at radius 3 is 2.70 bits per heavy atom. The van der Waals surface area contributed by atoms with Gasteiger partial charge in [0.1, 0.15) is 0 Å². The van der Waals surface area contributed by atoms with Crippen LogP contribution in [0.2, 0.25) is 0 Å². The molecule has 0 saturated carbocycles. The SMILES string of the molecule is CCC(CSC)NS(=O)(=O)c1ccccc1C#CCN. The van der Waals surface area contributed by atoms with Gasteiger partial charge in [-0.25, -0.2) is 13.1 Å². The standard InChI is InChI=1S/C14H20N2O2S2/c1-3-13(11-19-2)16-20(17,18)14-9-5-4-7-12(14)8-6-10-15/h4-5,7,9,13,16H,3,10-11,15H2,1-2H3. The lowest BCUT2D eigenvalue weighted by Crippen LogP contribution is -2.36. The van der Waals surface area contributed by atoms with E-state index < -0.39 is 10.0 Å². The van der Waals surface area contributed by atoms with Gasteiger partial charge in [0, 0.05) is 17.4 Å². The zero-order valence-electron chi connectivity index (χ0n) is 11.7. The van der Waals surface area contributed by atoms with Crippen LogP contribution in [-0.4, -0.2) is 33.0 Å². The van der Waals surface area contributed by atoms with Gasteiger partial charge in [-0.2, -0.15) is 11.8 Å². The van der Waals surface area contributed by atoms with E-state index >= 15 is 0 Å². The molecule has 0 saturated heterocycles. The smallest absolute Gasteiger partial charge is 0.242 e. The molecule has 6 heteroatoms. The molecular weight excluding hydrogens is 292 g/mol. The molecule has 0 bridgehead atoms. The molecular formula is C14H20N2O2S2. The Balaban J connectivity index is 3.09. The summed E-state index contributed by atoms with van der Waals surface area (Å²) in [6, 6.07) is 6.63. The summed E-state index contributed by atoms with van der Waals surface area (Å²) in [5.41, 5.74) is 5.81. The van der Waals surface area contributed by atoms with Crippen LogP contribution >= 0.6 is 11.8 Å². The van der Waals surface area contributed by atoms with Crippen molar-refractivity contribution >= 4 is 21.8 Å². The number of benzene rings is 1. The molecule has 1 aromatic rings. The molecule has 0 aliphatic carbocycles. The Labute approximate surface area is 125 Å². The summed E-state index contributed by atoms with van der Waals surface area (Å²) < 4.78 is 27.6. The largest absolute Gasteiger partial charge is 0.320 e. The Bertz CT molecular complexity index is 589. The van der Waals surface area contributed by atoms with Crippen molar-refractivity contribution in [2.45, 2.75) is 24.3 Å². The number of thioether (sulfide) groups is 1. The molecule has 0 aliphatic heterocycles. The molecule has 0 heterocycles. The van der Waals surface area contributed by atoms with E-state index in [4.69, 9.17) is 5.73 Å². The highest BCUT2D eigenvalue weighted by atomic mass is 32.2. The second-order valence-corrected chi connectivity index (χ2v) is 6.78. The molecule has 3 N–H and O–H groups in total. The summed E-state index contributed by atoms with van der Waals surface area (Å²) in [4.78, 5) is 0.209. The highest BCUT2D eigenvalue weighted by molar-refractivity contribution is 7.98. The zero-order valence-corrected chi connectivity index (χ0v) is 13.4. The van der Waals surface area contributed by atoms with Crippen LogP contribution in [0.25, 0.3) is 0 Å². The normalized spacial score (nSPS) is 12.6. The van der Waals surface area contributed by atoms with Gasteiger partial charge in [-0.1, -0.05) is 30.9 Å². The minimum atomic E-state index is -3.56. The van der Waals surface area contributed by atoms with Crippen LogP contribution < -0.4 is 10.5 Å². The number of rotatable bonds is 6. The Morgan fingerprint density at radius 1 is 1.40 bits per heavy atom. The maximum Gasteiger partial charge on any atom is 0.242 e. The van der Waals surface area contributed by atoms with Crippen LogP contribution in [0.4, 0.5) is 0 Å². The number of sulfonamides is 1. The third kappa shape index (κ3) is 4.84. The van der Waals surface area contributed by atoms with Crippen molar-refractivity contribution in [3.8, 4) is 11.8 Å². The second-order valence-electron chi connectivity index (χ2n) is 4.18. The molecule has 110 valence electrons. The van der Waals surface area contributed by atoms with E-state index in [1.807, 2.05) is 13.2 Å². The van der Waals surface area contributed by atoms with Gasteiger partial charge < -0.3 is 5.73 Å². The average Bonchev–Trinajstić information content (AvgIpc) is 2.44. The molecule has 1 rings (SSSR count). The lowest BCUT2D eigenvalue weighted by Gasteiger charge is -2.16. The third-order valence-corrected chi connectivity index (χ3v) is 5.00. The van der Waals surface area contributed by atoms with Crippen LogP contribution in [0.1, 0.15) is 18.9 Å². The molecule has 0 fully saturated rings. The van der Waals surface area contributed by atoms with Crippen molar-refractivity contribution in [3.63, 3.8) is 0 Å². The Kier molecular flexibility index (Phi) is 7.10. The van der Waals surface area contributed by atoms with Crippen molar-refractivity contribution in [1.82, 2.24) is 4.72 Å². The first-order valence-corrected chi connectivity index (χ1v) is 9.22. The molecule has 0 radical (unpaired) electrons. The maximum absolute atomic E-state index is 12.4. The molecule has 0 aromatic heterocycles. The number of nitrogens with two attached hydrogens (primary N) is 1. The first-order chi connectivity index (χ1) is 9.55. The molecule has 20 heavy (non-hydrogen) atoms. The van der Waals surface area contributed by atoms with Crippen molar-refractivity contribution in [2.24, 2.45) is 5.73 Å². The lowest BCUT2D eigenvalue weighted by atomic mass is 10.2. The van der Waals surface area contributed by atoms with Gasteiger partial charge in [0.25, 0.3) is 0 Å². The van der Waals surface area contributed by atoms with Gasteiger partial charge in [0.05, 0.1) is 11.4 Å². The van der Waals surface area contributed by atoms with Crippen molar-refractivity contribution < 1.29 is 8.42 Å². The first kappa shape index (κ1) is 17.1. The van der Waals surface area contributed by atoms with E-state index in [1.54, 1.807) is 36.0 Å². The molecule has 1 atom stereocenters. The fraction of sp³-hybridized carbons (Fsp3) is 0.429. The quantitative estimate of drug-likeness (QED) is 0.779. The molecule has 0 aliphatic rings. The second kappa shape index (κ2) is 8.32. The van der Waals surface area contributed by atoms with Crippen LogP contribution in [0.3, 0.4) is 0 Å². The van der Waals surface area contributed by atoms with Gasteiger partial charge in [0.15, 0.2) is 0 Å². The monoisotopic (exact) mass is 312 g/mol. The maximum atomic E-state index is 12.4. The lowest BCUT2D eigenvalue weighted by molar-refractivity contribution is 0.558. The Morgan fingerprint density at radius 2 is 2.10 bits per heavy atom. The summed E-state index contributed by atoms with van der Waals surface area (Å²) in [6.45, 7) is 2.16. The van der Waals surface area contributed by atoms with E-state index in [9.17, 15) is 8.42 Å². The van der Waals surface area contributed by atoms with Gasteiger partial charge in [0.2, 0.25) is 10.0 Å². The highest BCUT2D eigenvalue weighted by Crippen LogP contribution is 2.16. The number of hydrogen-bond donors (Lipinski definition) is 2. The predicted octanol–water partition coefficient (Wildman–Crippen LogP) is 1.42. The summed E-state index contributed by atoms with van der Waals surface area (Å²) in [5.74, 6) is 6.24. The van der Waals surface area contributed by atoms with Gasteiger partial charge in [-0.05, 0) is 24.8 Å². The van der Waals surface area contributed by atoms with Gasteiger partial charge in [-0.15, -0.1) is 0 Å².